The van der Waals surface area contributed by atoms with E-state index in [4.69, 9.17) is 5.73 Å². The molecule has 0 saturated heterocycles. The molecule has 0 aromatic carbocycles. The van der Waals surface area contributed by atoms with Gasteiger partial charge in [-0.3, -0.25) is 4.79 Å². The summed E-state index contributed by atoms with van der Waals surface area (Å²) in [4.78, 5) is 20.6. The van der Waals surface area contributed by atoms with Crippen LogP contribution in [-0.4, -0.2) is 33.7 Å². The lowest BCUT2D eigenvalue weighted by Crippen LogP contribution is -2.57. The molecule has 6 heteroatoms. The number of amides is 1. The van der Waals surface area contributed by atoms with E-state index in [1.807, 2.05) is 19.9 Å². The minimum Gasteiger partial charge on any atom is -0.368 e. The predicted octanol–water partition coefficient (Wildman–Crippen LogP) is 1.90. The van der Waals surface area contributed by atoms with E-state index >= 15 is 0 Å². The molecule has 5 nitrogen and oxygen atoms in total. The third-order valence-corrected chi connectivity index (χ3v) is 5.12. The monoisotopic (exact) mass is 308 g/mol. The van der Waals surface area contributed by atoms with Gasteiger partial charge in [0.1, 0.15) is 5.54 Å². The summed E-state index contributed by atoms with van der Waals surface area (Å²) in [7, 11) is 0. The Morgan fingerprint density at radius 2 is 2.43 bits per heavy atom. The molecule has 0 radical (unpaired) electrons. The van der Waals surface area contributed by atoms with Crippen LogP contribution < -0.4 is 11.1 Å². The Morgan fingerprint density at radius 3 is 3.10 bits per heavy atom. The average molecular weight is 308 g/mol. The summed E-state index contributed by atoms with van der Waals surface area (Å²) in [5, 5.41) is 4.16. The van der Waals surface area contributed by atoms with Crippen LogP contribution in [-0.2, 0) is 4.79 Å². The zero-order valence-corrected chi connectivity index (χ0v) is 13.6. The molecule has 1 amide bonds. The first-order valence-corrected chi connectivity index (χ1v) is 8.54. The number of nitrogens with two attached hydrogens (primary N) is 1. The van der Waals surface area contributed by atoms with E-state index in [2.05, 4.69) is 15.3 Å². The number of likely N-dealkylation sites (N-methyl/N-ethyl adjacent to an activating group) is 1. The molecule has 1 fully saturated rings. The van der Waals surface area contributed by atoms with Crippen LogP contribution >= 0.6 is 11.8 Å². The smallest absolute Gasteiger partial charge is 0.238 e. The number of carbonyl (C=O) groups is 1. The number of primary amides is 1. The SMILES string of the molecule is CCNC1(C(N)=O)CCCC1CCSc1nccc(C)n1. The van der Waals surface area contributed by atoms with Crippen LogP contribution in [0, 0.1) is 12.8 Å². The lowest BCUT2D eigenvalue weighted by Gasteiger charge is -2.33. The number of hydrogen-bond donors (Lipinski definition) is 2. The minimum atomic E-state index is -0.511. The van der Waals surface area contributed by atoms with Crippen molar-refractivity contribution >= 4 is 17.7 Å². The maximum atomic E-state index is 11.9. The van der Waals surface area contributed by atoms with Crippen molar-refractivity contribution in [2.24, 2.45) is 11.7 Å². The van der Waals surface area contributed by atoms with Crippen molar-refractivity contribution in [2.75, 3.05) is 12.3 Å². The maximum Gasteiger partial charge on any atom is 0.238 e. The van der Waals surface area contributed by atoms with Gasteiger partial charge in [-0.05, 0) is 44.7 Å². The Balaban J connectivity index is 1.93. The van der Waals surface area contributed by atoms with Crippen molar-refractivity contribution in [3.05, 3.63) is 18.0 Å². The molecule has 1 aliphatic carbocycles. The quantitative estimate of drug-likeness (QED) is 0.594. The molecule has 1 aliphatic rings. The van der Waals surface area contributed by atoms with Gasteiger partial charge in [-0.15, -0.1) is 0 Å². The molecule has 1 heterocycles. The lowest BCUT2D eigenvalue weighted by molar-refractivity contribution is -0.125. The molecule has 3 N–H and O–H groups in total. The van der Waals surface area contributed by atoms with E-state index in [-0.39, 0.29) is 5.91 Å². The van der Waals surface area contributed by atoms with Gasteiger partial charge >= 0.3 is 0 Å². The topological polar surface area (TPSA) is 80.9 Å². The molecule has 2 rings (SSSR count). The third kappa shape index (κ3) is 3.74. The Kier molecular flexibility index (Phi) is 5.58. The zero-order chi connectivity index (χ0) is 15.3. The first-order valence-electron chi connectivity index (χ1n) is 7.56. The van der Waals surface area contributed by atoms with Gasteiger partial charge in [-0.25, -0.2) is 9.97 Å². The fourth-order valence-electron chi connectivity index (χ4n) is 3.22. The van der Waals surface area contributed by atoms with Gasteiger partial charge < -0.3 is 11.1 Å². The number of thioether (sulfide) groups is 1. The standard InChI is InChI=1S/C15H24N4OS/c1-3-18-15(13(16)20)8-4-5-12(15)7-10-21-14-17-9-6-11(2)19-14/h6,9,12,18H,3-5,7-8,10H2,1-2H3,(H2,16,20). The number of rotatable bonds is 7. The number of aromatic nitrogens is 2. The van der Waals surface area contributed by atoms with E-state index in [0.717, 1.165) is 48.8 Å². The molecule has 1 aromatic heterocycles. The second-order valence-corrected chi connectivity index (χ2v) is 6.63. The summed E-state index contributed by atoms with van der Waals surface area (Å²) in [5.74, 6) is 1.02. The fourth-order valence-corrected chi connectivity index (χ4v) is 4.15. The first kappa shape index (κ1) is 16.2. The molecule has 0 bridgehead atoms. The average Bonchev–Trinajstić information content (AvgIpc) is 2.84. The van der Waals surface area contributed by atoms with Crippen molar-refractivity contribution < 1.29 is 4.79 Å². The summed E-state index contributed by atoms with van der Waals surface area (Å²) >= 11 is 1.65. The highest BCUT2D eigenvalue weighted by molar-refractivity contribution is 7.99. The molecule has 116 valence electrons. The van der Waals surface area contributed by atoms with E-state index < -0.39 is 5.54 Å². The molecular formula is C15H24N4OS. The Bertz CT molecular complexity index is 496. The minimum absolute atomic E-state index is 0.205. The predicted molar refractivity (Wildman–Crippen MR) is 85.1 cm³/mol. The highest BCUT2D eigenvalue weighted by Crippen LogP contribution is 2.38. The first-order chi connectivity index (χ1) is 10.1. The zero-order valence-electron chi connectivity index (χ0n) is 12.8. The number of aryl methyl sites for hydroxylation is 1. The van der Waals surface area contributed by atoms with Crippen LogP contribution in [0.1, 0.15) is 38.3 Å². The number of nitrogens with one attached hydrogen (secondary N) is 1. The Hall–Kier alpha value is -1.14. The molecule has 0 spiro atoms. The largest absolute Gasteiger partial charge is 0.368 e. The highest BCUT2D eigenvalue weighted by atomic mass is 32.2. The fraction of sp³-hybridized carbons (Fsp3) is 0.667. The third-order valence-electron chi connectivity index (χ3n) is 4.22. The number of carbonyl (C=O) groups excluding carboxylic acids is 1. The van der Waals surface area contributed by atoms with Gasteiger partial charge in [0.2, 0.25) is 5.91 Å². The van der Waals surface area contributed by atoms with Gasteiger partial charge in [-0.1, -0.05) is 25.1 Å². The van der Waals surface area contributed by atoms with Gasteiger partial charge in [0.25, 0.3) is 0 Å². The molecular weight excluding hydrogens is 284 g/mol. The van der Waals surface area contributed by atoms with Crippen molar-refractivity contribution in [2.45, 2.75) is 50.2 Å². The van der Waals surface area contributed by atoms with Crippen LogP contribution in [0.2, 0.25) is 0 Å². The second kappa shape index (κ2) is 7.22. The van der Waals surface area contributed by atoms with Gasteiger partial charge in [0.15, 0.2) is 5.16 Å². The summed E-state index contributed by atoms with van der Waals surface area (Å²) < 4.78 is 0. The van der Waals surface area contributed by atoms with Crippen LogP contribution in [0.25, 0.3) is 0 Å². The summed E-state index contributed by atoms with van der Waals surface area (Å²) in [6, 6.07) is 1.89. The molecule has 0 aliphatic heterocycles. The number of nitrogens with zero attached hydrogens (tertiary/aromatic N) is 2. The Labute approximate surface area is 130 Å². The molecule has 1 saturated carbocycles. The summed E-state index contributed by atoms with van der Waals surface area (Å²) in [6.45, 7) is 4.76. The van der Waals surface area contributed by atoms with Gasteiger partial charge in [-0.2, -0.15) is 0 Å². The van der Waals surface area contributed by atoms with Crippen LogP contribution in [0.4, 0.5) is 0 Å². The van der Waals surface area contributed by atoms with Crippen LogP contribution in [0.15, 0.2) is 17.4 Å². The van der Waals surface area contributed by atoms with Crippen LogP contribution in [0.3, 0.4) is 0 Å². The van der Waals surface area contributed by atoms with E-state index in [0.29, 0.717) is 5.92 Å². The number of hydrogen-bond acceptors (Lipinski definition) is 5. The molecule has 1 aromatic rings. The van der Waals surface area contributed by atoms with E-state index in [9.17, 15) is 4.79 Å². The van der Waals surface area contributed by atoms with Gasteiger partial charge in [0.05, 0.1) is 0 Å². The van der Waals surface area contributed by atoms with Crippen LogP contribution in [0.5, 0.6) is 0 Å². The summed E-state index contributed by atoms with van der Waals surface area (Å²) in [5.41, 5.74) is 6.15. The lowest BCUT2D eigenvalue weighted by atomic mass is 9.84. The van der Waals surface area contributed by atoms with E-state index in [1.165, 1.54) is 0 Å². The maximum absolute atomic E-state index is 11.9. The van der Waals surface area contributed by atoms with Crippen molar-refractivity contribution in [1.29, 1.82) is 0 Å². The molecule has 21 heavy (non-hydrogen) atoms. The Morgan fingerprint density at radius 1 is 1.62 bits per heavy atom. The highest BCUT2D eigenvalue weighted by Gasteiger charge is 2.46. The normalized spacial score (nSPS) is 25.1. The van der Waals surface area contributed by atoms with Gasteiger partial charge in [0, 0.05) is 17.6 Å². The molecule has 2 unspecified atom stereocenters. The van der Waals surface area contributed by atoms with Crippen molar-refractivity contribution in [3.8, 4) is 0 Å². The van der Waals surface area contributed by atoms with E-state index in [1.54, 1.807) is 18.0 Å². The second-order valence-electron chi connectivity index (χ2n) is 5.57. The van der Waals surface area contributed by atoms with Crippen molar-refractivity contribution in [3.63, 3.8) is 0 Å². The summed E-state index contributed by atoms with van der Waals surface area (Å²) in [6.07, 6.45) is 5.72. The molecule has 2 atom stereocenters. The van der Waals surface area contributed by atoms with Crippen molar-refractivity contribution in [1.82, 2.24) is 15.3 Å².